The van der Waals surface area contributed by atoms with Crippen molar-refractivity contribution in [3.05, 3.63) is 70.9 Å². The van der Waals surface area contributed by atoms with Crippen molar-refractivity contribution in [1.29, 1.82) is 0 Å². The molecular weight excluding hydrogens is 475 g/mol. The van der Waals surface area contributed by atoms with Gasteiger partial charge in [-0.1, -0.05) is 13.8 Å². The number of hydrogen-bond acceptors (Lipinski definition) is 3. The fourth-order valence-corrected chi connectivity index (χ4v) is 4.65. The van der Waals surface area contributed by atoms with Crippen LogP contribution in [0, 0.1) is 11.6 Å². The zero-order valence-corrected chi connectivity index (χ0v) is 18.8. The Kier molecular flexibility index (Phi) is 6.30. The molecule has 1 fully saturated rings. The van der Waals surface area contributed by atoms with E-state index in [1.165, 1.54) is 17.3 Å². The van der Waals surface area contributed by atoms with Crippen molar-refractivity contribution < 1.29 is 26.7 Å². The van der Waals surface area contributed by atoms with Crippen molar-refractivity contribution >= 4 is 34.1 Å². The summed E-state index contributed by atoms with van der Waals surface area (Å²) < 4.78 is 68.8. The molecule has 5 rings (SSSR count). The molecule has 3 heterocycles. The summed E-state index contributed by atoms with van der Waals surface area (Å²) in [4.78, 5) is 20.0. The van der Waals surface area contributed by atoms with Gasteiger partial charge in [0.25, 0.3) is 0 Å². The lowest BCUT2D eigenvalue weighted by atomic mass is 10.0. The van der Waals surface area contributed by atoms with Crippen LogP contribution in [0.25, 0.3) is 21.5 Å². The molecule has 1 saturated heterocycles. The van der Waals surface area contributed by atoms with Gasteiger partial charge in [0, 0.05) is 22.7 Å². The fourth-order valence-electron chi connectivity index (χ4n) is 3.79. The molecule has 5 nitrogen and oxygen atoms in total. The standard InChI is InChI=1S/C21H13F5N4OS.C2H6/c22-12-5-10(17-3-4-18(32-17)21(24,25)26)6-13(23)19(12)16-8-27-20(31)30(16)11-1-2-14-15(7-11)29-9-28-14;1-2/h1-7,9,16H,8H2,(H,27,31)(H,28,29);1-2H3. The van der Waals surface area contributed by atoms with Gasteiger partial charge in [0.1, 0.15) is 16.5 Å². The van der Waals surface area contributed by atoms with Crippen molar-refractivity contribution in [2.24, 2.45) is 0 Å². The minimum absolute atomic E-state index is 0.00744. The number of H-pyrrole nitrogens is 1. The Labute approximate surface area is 195 Å². The number of benzene rings is 2. The Balaban J connectivity index is 0.00000133. The van der Waals surface area contributed by atoms with E-state index in [1.807, 2.05) is 13.8 Å². The third kappa shape index (κ3) is 4.23. The molecule has 1 aliphatic rings. The van der Waals surface area contributed by atoms with E-state index in [9.17, 15) is 18.0 Å². The maximum absolute atomic E-state index is 15.1. The summed E-state index contributed by atoms with van der Waals surface area (Å²) in [7, 11) is 0. The first-order valence-corrected chi connectivity index (χ1v) is 11.2. The number of amides is 2. The second-order valence-corrected chi connectivity index (χ2v) is 8.27. The van der Waals surface area contributed by atoms with Crippen molar-refractivity contribution in [2.75, 3.05) is 11.4 Å². The van der Waals surface area contributed by atoms with Crippen LogP contribution >= 0.6 is 11.3 Å². The number of anilines is 1. The highest BCUT2D eigenvalue weighted by atomic mass is 32.1. The van der Waals surface area contributed by atoms with Gasteiger partial charge in [0.05, 0.1) is 23.4 Å². The number of nitrogens with zero attached hydrogens (tertiary/aromatic N) is 2. The summed E-state index contributed by atoms with van der Waals surface area (Å²) >= 11 is 0.404. The number of alkyl halides is 3. The van der Waals surface area contributed by atoms with Gasteiger partial charge < -0.3 is 10.3 Å². The van der Waals surface area contributed by atoms with Crippen LogP contribution in [0.4, 0.5) is 32.4 Å². The van der Waals surface area contributed by atoms with Crippen molar-refractivity contribution in [3.63, 3.8) is 0 Å². The zero-order valence-electron chi connectivity index (χ0n) is 18.0. The fraction of sp³-hybridized carbons (Fsp3) is 0.217. The van der Waals surface area contributed by atoms with Crippen LogP contribution in [0.3, 0.4) is 0 Å². The summed E-state index contributed by atoms with van der Waals surface area (Å²) in [5.41, 5.74) is 1.38. The molecule has 0 bridgehead atoms. The number of carbonyl (C=O) groups excluding carboxylic acids is 1. The molecular formula is C23H19F5N4OS. The van der Waals surface area contributed by atoms with Crippen LogP contribution in [0.5, 0.6) is 0 Å². The number of imidazole rings is 1. The SMILES string of the molecule is CC.O=C1NCC(c2c(F)cc(-c3ccc(C(F)(F)F)s3)cc2F)N1c1ccc2nc[nH]c2c1. The van der Waals surface area contributed by atoms with E-state index in [0.29, 0.717) is 28.1 Å². The highest BCUT2D eigenvalue weighted by molar-refractivity contribution is 7.15. The molecule has 2 aromatic heterocycles. The average molecular weight is 494 g/mol. The van der Waals surface area contributed by atoms with Gasteiger partial charge in [0.2, 0.25) is 0 Å². The minimum atomic E-state index is -4.54. The third-order valence-corrected chi connectivity index (χ3v) is 6.42. The summed E-state index contributed by atoms with van der Waals surface area (Å²) in [5, 5.41) is 2.58. The van der Waals surface area contributed by atoms with Gasteiger partial charge in [-0.05, 0) is 48.0 Å². The number of thiophene rings is 1. The molecule has 2 aromatic carbocycles. The first-order chi connectivity index (χ1) is 16.2. The topological polar surface area (TPSA) is 61.0 Å². The molecule has 34 heavy (non-hydrogen) atoms. The Morgan fingerprint density at radius 2 is 1.76 bits per heavy atom. The van der Waals surface area contributed by atoms with Crippen LogP contribution in [-0.2, 0) is 6.18 Å². The zero-order chi connectivity index (χ0) is 24.6. The first-order valence-electron chi connectivity index (χ1n) is 10.4. The van der Waals surface area contributed by atoms with Gasteiger partial charge >= 0.3 is 12.2 Å². The van der Waals surface area contributed by atoms with Gasteiger partial charge in [0.15, 0.2) is 0 Å². The third-order valence-electron chi connectivity index (χ3n) is 5.24. The molecule has 1 unspecified atom stereocenters. The van der Waals surface area contributed by atoms with Gasteiger partial charge in [-0.15, -0.1) is 11.3 Å². The van der Waals surface area contributed by atoms with E-state index in [0.717, 1.165) is 18.2 Å². The second kappa shape index (κ2) is 9.05. The lowest BCUT2D eigenvalue weighted by Gasteiger charge is -2.24. The number of hydrogen-bond donors (Lipinski definition) is 2. The maximum Gasteiger partial charge on any atom is 0.425 e. The largest absolute Gasteiger partial charge is 0.425 e. The normalized spacial score (nSPS) is 15.9. The van der Waals surface area contributed by atoms with Gasteiger partial charge in [-0.3, -0.25) is 4.90 Å². The first kappa shape index (κ1) is 23.7. The van der Waals surface area contributed by atoms with Crippen LogP contribution in [0.2, 0.25) is 0 Å². The van der Waals surface area contributed by atoms with Crippen molar-refractivity contribution in [1.82, 2.24) is 15.3 Å². The highest BCUT2D eigenvalue weighted by Gasteiger charge is 2.37. The molecule has 178 valence electrons. The molecule has 11 heteroatoms. The van der Waals surface area contributed by atoms with E-state index in [2.05, 4.69) is 15.3 Å². The molecule has 0 saturated carbocycles. The minimum Gasteiger partial charge on any atom is -0.345 e. The lowest BCUT2D eigenvalue weighted by molar-refractivity contribution is -0.134. The molecule has 1 aliphatic heterocycles. The van der Waals surface area contributed by atoms with Crippen LogP contribution in [-0.4, -0.2) is 22.5 Å². The second-order valence-electron chi connectivity index (χ2n) is 7.19. The predicted molar refractivity (Wildman–Crippen MR) is 121 cm³/mol. The maximum atomic E-state index is 15.1. The van der Waals surface area contributed by atoms with Gasteiger partial charge in [-0.2, -0.15) is 13.2 Å². The van der Waals surface area contributed by atoms with E-state index in [-0.39, 0.29) is 22.5 Å². The molecule has 0 spiro atoms. The number of aromatic nitrogens is 2. The number of rotatable bonds is 3. The molecule has 1 atom stereocenters. The molecule has 2 N–H and O–H groups in total. The summed E-state index contributed by atoms with van der Waals surface area (Å²) in [5.74, 6) is -1.90. The Morgan fingerprint density at radius 1 is 1.06 bits per heavy atom. The van der Waals surface area contributed by atoms with Crippen LogP contribution in [0.1, 0.15) is 30.3 Å². The van der Waals surface area contributed by atoms with Gasteiger partial charge in [-0.25, -0.2) is 18.6 Å². The average Bonchev–Trinajstić information content (AvgIpc) is 3.53. The Morgan fingerprint density at radius 3 is 2.41 bits per heavy atom. The lowest BCUT2D eigenvalue weighted by Crippen LogP contribution is -2.30. The van der Waals surface area contributed by atoms with Crippen LogP contribution in [0.15, 0.2) is 48.8 Å². The number of carbonyl (C=O) groups is 1. The molecule has 4 aromatic rings. The van der Waals surface area contributed by atoms with Crippen molar-refractivity contribution in [3.8, 4) is 10.4 Å². The summed E-state index contributed by atoms with van der Waals surface area (Å²) in [6, 6.07) is 7.46. The quantitative estimate of drug-likeness (QED) is 0.305. The number of halogens is 5. The number of nitrogens with one attached hydrogen (secondary N) is 2. The van der Waals surface area contributed by atoms with E-state index < -0.39 is 34.8 Å². The highest BCUT2D eigenvalue weighted by Crippen LogP contribution is 2.40. The number of aromatic amines is 1. The molecule has 2 amide bonds. The summed E-state index contributed by atoms with van der Waals surface area (Å²) in [6.07, 6.45) is -3.05. The van der Waals surface area contributed by atoms with E-state index in [4.69, 9.17) is 0 Å². The van der Waals surface area contributed by atoms with E-state index in [1.54, 1.807) is 18.2 Å². The molecule has 0 radical (unpaired) electrons. The Hall–Kier alpha value is -3.47. The number of urea groups is 1. The van der Waals surface area contributed by atoms with Crippen LogP contribution < -0.4 is 10.2 Å². The smallest absolute Gasteiger partial charge is 0.345 e. The molecule has 0 aliphatic carbocycles. The van der Waals surface area contributed by atoms with Crippen molar-refractivity contribution in [2.45, 2.75) is 26.1 Å². The number of fused-ring (bicyclic) bond motifs is 1. The Bertz CT molecular complexity index is 1320. The summed E-state index contributed by atoms with van der Waals surface area (Å²) in [6.45, 7) is 3.96. The predicted octanol–water partition coefficient (Wildman–Crippen LogP) is 6.89. The van der Waals surface area contributed by atoms with E-state index >= 15 is 8.78 Å². The monoisotopic (exact) mass is 494 g/mol.